The van der Waals surface area contributed by atoms with Crippen LogP contribution in [-0.2, 0) is 0 Å². The Morgan fingerprint density at radius 3 is 1.77 bits per heavy atom. The number of anilines is 2. The Bertz CT molecular complexity index is 894. The Morgan fingerprint density at radius 1 is 0.839 bits per heavy atom. The van der Waals surface area contributed by atoms with Crippen LogP contribution in [0.4, 0.5) is 21.0 Å². The summed E-state index contributed by atoms with van der Waals surface area (Å²) < 4.78 is 0. The number of hydrogen-bond donors (Lipinski definition) is 2. The van der Waals surface area contributed by atoms with E-state index in [1.807, 2.05) is 60.7 Å². The molecule has 2 aromatic rings. The van der Waals surface area contributed by atoms with Gasteiger partial charge in [0, 0.05) is 16.5 Å². The minimum absolute atomic E-state index is 0.0946. The number of para-hydroxylation sites is 2. The summed E-state index contributed by atoms with van der Waals surface area (Å²) in [5.74, 6) is 1.33. The molecule has 4 saturated carbocycles. The molecule has 0 heterocycles. The summed E-state index contributed by atoms with van der Waals surface area (Å²) in [7, 11) is -1.54. The third-order valence-corrected chi connectivity index (χ3v) is 10.3. The predicted molar refractivity (Wildman–Crippen MR) is 128 cm³/mol. The highest BCUT2D eigenvalue weighted by Crippen LogP contribution is 2.73. The average molecular weight is 435 g/mol. The van der Waals surface area contributed by atoms with Gasteiger partial charge in [-0.2, -0.15) is 0 Å². The first-order valence-corrected chi connectivity index (χ1v) is 12.9. The van der Waals surface area contributed by atoms with Gasteiger partial charge in [-0.1, -0.05) is 49.7 Å². The zero-order valence-electron chi connectivity index (χ0n) is 18.1. The van der Waals surface area contributed by atoms with Crippen LogP contribution in [-0.4, -0.2) is 16.5 Å². The fraction of sp³-hybridized carbons (Fsp3) is 0.462. The van der Waals surface area contributed by atoms with E-state index in [4.69, 9.17) is 0 Å². The van der Waals surface area contributed by atoms with Crippen LogP contribution >= 0.6 is 7.92 Å². The van der Waals surface area contributed by atoms with Crippen molar-refractivity contribution in [1.29, 1.82) is 0 Å². The molecule has 0 aliphatic heterocycles. The smallest absolute Gasteiger partial charge is 0.255 e. The van der Waals surface area contributed by atoms with Crippen LogP contribution in [0.25, 0.3) is 0 Å². The Balaban J connectivity index is 1.49. The minimum atomic E-state index is -1.54. The second-order valence-corrected chi connectivity index (χ2v) is 12.4. The molecule has 4 fully saturated rings. The fourth-order valence-electron chi connectivity index (χ4n) is 7.00. The molecule has 162 valence electrons. The summed E-state index contributed by atoms with van der Waals surface area (Å²) in [6.45, 7) is 2.30. The van der Waals surface area contributed by atoms with Crippen LogP contribution in [0.1, 0.15) is 51.9 Å². The lowest BCUT2D eigenvalue weighted by Gasteiger charge is -2.63. The lowest BCUT2D eigenvalue weighted by Crippen LogP contribution is -2.56. The van der Waals surface area contributed by atoms with E-state index >= 15 is 0 Å². The predicted octanol–water partition coefficient (Wildman–Crippen LogP) is 7.68. The topological polar surface area (TPSA) is 58.2 Å². The molecule has 6 rings (SSSR count). The van der Waals surface area contributed by atoms with Crippen molar-refractivity contribution in [3.63, 3.8) is 0 Å². The number of benzene rings is 2. The average Bonchev–Trinajstić information content (AvgIpc) is 2.74. The molecule has 2 unspecified atom stereocenters. The van der Waals surface area contributed by atoms with Crippen LogP contribution in [0, 0.1) is 17.3 Å². The van der Waals surface area contributed by atoms with Crippen molar-refractivity contribution < 1.29 is 9.59 Å². The Kier molecular flexibility index (Phi) is 5.38. The molecule has 2 amide bonds. The highest BCUT2D eigenvalue weighted by Gasteiger charge is 2.62. The molecule has 4 nitrogen and oxygen atoms in total. The Morgan fingerprint density at radius 2 is 1.32 bits per heavy atom. The molecular formula is C26H31N2O2P. The van der Waals surface area contributed by atoms with Gasteiger partial charge in [-0.3, -0.25) is 9.59 Å². The second kappa shape index (κ2) is 8.06. The molecule has 4 bridgehead atoms. The molecule has 2 N–H and O–H groups in total. The number of rotatable bonds is 6. The van der Waals surface area contributed by atoms with E-state index in [0.29, 0.717) is 17.3 Å². The van der Waals surface area contributed by atoms with Gasteiger partial charge in [0.15, 0.2) is 0 Å². The highest BCUT2D eigenvalue weighted by molar-refractivity contribution is 7.90. The van der Waals surface area contributed by atoms with Crippen molar-refractivity contribution in [2.45, 2.75) is 57.0 Å². The van der Waals surface area contributed by atoms with Gasteiger partial charge < -0.3 is 10.6 Å². The molecule has 4 aliphatic rings. The van der Waals surface area contributed by atoms with Gasteiger partial charge >= 0.3 is 0 Å². The molecule has 2 aromatic carbocycles. The summed E-state index contributed by atoms with van der Waals surface area (Å²) >= 11 is 0. The first-order valence-electron chi connectivity index (χ1n) is 11.5. The maximum Gasteiger partial charge on any atom is 0.255 e. The summed E-state index contributed by atoms with van der Waals surface area (Å²) in [5.41, 5.74) is 1.67. The number of carbonyl (C=O) groups excluding carboxylic acids is 2. The maximum absolute atomic E-state index is 13.7. The summed E-state index contributed by atoms with van der Waals surface area (Å²) in [5, 5.41) is 6.01. The normalized spacial score (nSPS) is 30.9. The quantitative estimate of drug-likeness (QED) is 0.458. The van der Waals surface area contributed by atoms with Gasteiger partial charge in [-0.05, 0) is 80.0 Å². The van der Waals surface area contributed by atoms with Crippen molar-refractivity contribution >= 4 is 30.6 Å². The van der Waals surface area contributed by atoms with Gasteiger partial charge in [0.2, 0.25) is 0 Å². The number of carbonyl (C=O) groups is 2. The number of hydrogen-bond acceptors (Lipinski definition) is 2. The Labute approximate surface area is 186 Å². The van der Waals surface area contributed by atoms with Gasteiger partial charge in [-0.25, -0.2) is 0 Å². The van der Waals surface area contributed by atoms with Crippen molar-refractivity contribution in [1.82, 2.24) is 0 Å². The second-order valence-electron chi connectivity index (χ2n) is 9.97. The zero-order valence-corrected chi connectivity index (χ0v) is 19.0. The van der Waals surface area contributed by atoms with Crippen molar-refractivity contribution in [2.24, 2.45) is 17.3 Å². The number of amides is 2. The SMILES string of the molecule is CCC12CC3CC(C1)CC(P(C(=O)Nc1ccccc1)C(=O)Nc1ccccc1)(C3)C2. The van der Waals surface area contributed by atoms with Crippen LogP contribution in [0.15, 0.2) is 60.7 Å². The standard InChI is InChI=1S/C26H31N2O2P/c1-2-25-14-19-13-20(15-25)17-26(16-19,18-25)31(23(29)27-21-9-5-3-6-10-21)24(30)28-22-11-7-4-8-12-22/h3-12,19-20H,2,13-18H2,1H3,(H,27,29)(H,28,30). The van der Waals surface area contributed by atoms with Crippen LogP contribution in [0.5, 0.6) is 0 Å². The molecule has 31 heavy (non-hydrogen) atoms. The summed E-state index contributed by atoms with van der Waals surface area (Å²) in [6.07, 6.45) is 8.10. The highest BCUT2D eigenvalue weighted by atomic mass is 31.1. The van der Waals surface area contributed by atoms with E-state index < -0.39 is 7.92 Å². The molecular weight excluding hydrogens is 403 g/mol. The Hall–Kier alpha value is -2.19. The molecule has 0 spiro atoms. The molecule has 4 aliphatic carbocycles. The molecule has 0 radical (unpaired) electrons. The summed E-state index contributed by atoms with van der Waals surface area (Å²) in [4.78, 5) is 27.4. The number of nitrogens with one attached hydrogen (secondary N) is 2. The van der Waals surface area contributed by atoms with Gasteiger partial charge in [-0.15, -0.1) is 0 Å². The van der Waals surface area contributed by atoms with Gasteiger partial charge in [0.1, 0.15) is 0 Å². The minimum Gasteiger partial charge on any atom is -0.322 e. The zero-order chi connectivity index (χ0) is 21.5. The van der Waals surface area contributed by atoms with Crippen molar-refractivity contribution in [3.05, 3.63) is 60.7 Å². The molecule has 5 heteroatoms. The van der Waals surface area contributed by atoms with Crippen molar-refractivity contribution in [2.75, 3.05) is 10.6 Å². The van der Waals surface area contributed by atoms with Gasteiger partial charge in [0.05, 0.1) is 7.92 Å². The maximum atomic E-state index is 13.7. The van der Waals surface area contributed by atoms with Crippen molar-refractivity contribution in [3.8, 4) is 0 Å². The summed E-state index contributed by atoms with van der Waals surface area (Å²) in [6, 6.07) is 19.1. The van der Waals surface area contributed by atoms with E-state index in [2.05, 4.69) is 17.6 Å². The third kappa shape index (κ3) is 3.91. The van der Waals surface area contributed by atoms with E-state index in [1.165, 1.54) is 19.3 Å². The van der Waals surface area contributed by atoms with Gasteiger partial charge in [0.25, 0.3) is 11.3 Å². The molecule has 2 atom stereocenters. The third-order valence-electron chi connectivity index (χ3n) is 7.83. The van der Waals surface area contributed by atoms with E-state index in [1.54, 1.807) is 0 Å². The van der Waals surface area contributed by atoms with Crippen LogP contribution in [0.2, 0.25) is 0 Å². The van der Waals surface area contributed by atoms with E-state index in [9.17, 15) is 9.59 Å². The van der Waals surface area contributed by atoms with E-state index in [-0.39, 0.29) is 16.5 Å². The molecule has 0 aromatic heterocycles. The van der Waals surface area contributed by atoms with Crippen LogP contribution < -0.4 is 10.6 Å². The van der Waals surface area contributed by atoms with E-state index in [0.717, 1.165) is 37.1 Å². The van der Waals surface area contributed by atoms with Crippen LogP contribution in [0.3, 0.4) is 0 Å². The first kappa shape index (κ1) is 20.7. The first-order chi connectivity index (χ1) is 15.0. The largest absolute Gasteiger partial charge is 0.322 e. The monoisotopic (exact) mass is 434 g/mol. The lowest BCUT2D eigenvalue weighted by atomic mass is 9.48. The molecule has 0 saturated heterocycles. The fourth-order valence-corrected chi connectivity index (χ4v) is 9.90. The lowest BCUT2D eigenvalue weighted by molar-refractivity contribution is -0.0408.